The largest absolute Gasteiger partial charge is 0.480 e. The number of rotatable bonds is 2. The number of urea groups is 1. The van der Waals surface area contributed by atoms with E-state index < -0.39 is 29.8 Å². The van der Waals surface area contributed by atoms with E-state index in [1.165, 1.54) is 4.90 Å². The van der Waals surface area contributed by atoms with Crippen molar-refractivity contribution in [2.75, 3.05) is 11.9 Å². The van der Waals surface area contributed by atoms with Gasteiger partial charge in [-0.05, 0) is 48.9 Å². The van der Waals surface area contributed by atoms with Crippen molar-refractivity contribution in [1.82, 2.24) is 4.90 Å². The Morgan fingerprint density at radius 2 is 1.83 bits per heavy atom. The van der Waals surface area contributed by atoms with Gasteiger partial charge < -0.3 is 15.3 Å². The number of likely N-dealkylation sites (tertiary alicyclic amines) is 1. The number of fused-ring (bicyclic) bond motifs is 1. The molecule has 1 saturated heterocycles. The van der Waals surface area contributed by atoms with Crippen LogP contribution in [0.15, 0.2) is 24.3 Å². The van der Waals surface area contributed by atoms with Crippen LogP contribution in [0.2, 0.25) is 0 Å². The maximum atomic E-state index is 12.5. The van der Waals surface area contributed by atoms with E-state index in [4.69, 9.17) is 0 Å². The van der Waals surface area contributed by atoms with Gasteiger partial charge >= 0.3 is 18.2 Å². The van der Waals surface area contributed by atoms with Crippen LogP contribution in [0.4, 0.5) is 23.7 Å². The van der Waals surface area contributed by atoms with Gasteiger partial charge in [0.05, 0.1) is 5.56 Å². The number of alkyl halides is 3. The molecule has 3 rings (SSSR count). The fraction of sp³-hybridized carbons (Fsp3) is 0.500. The summed E-state index contributed by atoms with van der Waals surface area (Å²) < 4.78 is 37.6. The molecule has 1 aromatic carbocycles. The second kappa shape index (κ2) is 5.99. The number of nitrogens with one attached hydrogen (secondary N) is 1. The Morgan fingerprint density at radius 3 is 2.42 bits per heavy atom. The van der Waals surface area contributed by atoms with Crippen molar-refractivity contribution in [3.8, 4) is 0 Å². The van der Waals surface area contributed by atoms with E-state index in [1.807, 2.05) is 0 Å². The van der Waals surface area contributed by atoms with Crippen LogP contribution in [-0.4, -0.2) is 34.6 Å². The molecule has 130 valence electrons. The number of carboxylic acids is 1. The monoisotopic (exact) mass is 342 g/mol. The number of hydrogen-bond acceptors (Lipinski definition) is 2. The number of halogens is 3. The van der Waals surface area contributed by atoms with Gasteiger partial charge in [-0.25, -0.2) is 9.59 Å². The van der Waals surface area contributed by atoms with Crippen LogP contribution in [0.3, 0.4) is 0 Å². The van der Waals surface area contributed by atoms with Crippen molar-refractivity contribution in [2.24, 2.45) is 11.8 Å². The number of aliphatic carboxylic acids is 1. The summed E-state index contributed by atoms with van der Waals surface area (Å²) in [5, 5.41) is 11.9. The molecule has 0 radical (unpaired) electrons. The van der Waals surface area contributed by atoms with Crippen LogP contribution >= 0.6 is 0 Å². The van der Waals surface area contributed by atoms with E-state index in [0.29, 0.717) is 6.54 Å². The van der Waals surface area contributed by atoms with Crippen LogP contribution in [0.5, 0.6) is 0 Å². The summed E-state index contributed by atoms with van der Waals surface area (Å²) in [5.41, 5.74) is -0.603. The van der Waals surface area contributed by atoms with Gasteiger partial charge in [0, 0.05) is 12.2 Å². The summed E-state index contributed by atoms with van der Waals surface area (Å²) in [7, 11) is 0. The van der Waals surface area contributed by atoms with Gasteiger partial charge in [0.2, 0.25) is 0 Å². The molecule has 0 spiro atoms. The fourth-order valence-electron chi connectivity index (χ4n) is 3.77. The third-order valence-electron chi connectivity index (χ3n) is 4.87. The molecular formula is C16H17F3N2O3. The Balaban J connectivity index is 1.71. The molecule has 1 heterocycles. The predicted molar refractivity (Wildman–Crippen MR) is 79.4 cm³/mol. The second-order valence-corrected chi connectivity index (χ2v) is 6.30. The topological polar surface area (TPSA) is 69.6 Å². The van der Waals surface area contributed by atoms with Crippen molar-refractivity contribution >= 4 is 17.7 Å². The van der Waals surface area contributed by atoms with E-state index in [2.05, 4.69) is 5.32 Å². The van der Waals surface area contributed by atoms with Crippen LogP contribution in [-0.2, 0) is 11.0 Å². The van der Waals surface area contributed by atoms with Crippen LogP contribution in [0.1, 0.15) is 24.8 Å². The van der Waals surface area contributed by atoms with Gasteiger partial charge in [-0.3, -0.25) is 0 Å². The van der Waals surface area contributed by atoms with Gasteiger partial charge in [0.15, 0.2) is 0 Å². The molecule has 0 bridgehead atoms. The second-order valence-electron chi connectivity index (χ2n) is 6.30. The number of carboxylic acid groups (broad SMARTS) is 1. The van der Waals surface area contributed by atoms with E-state index in [1.54, 1.807) is 0 Å². The minimum Gasteiger partial charge on any atom is -0.480 e. The van der Waals surface area contributed by atoms with Gasteiger partial charge in [0.25, 0.3) is 0 Å². The van der Waals surface area contributed by atoms with Crippen molar-refractivity contribution < 1.29 is 27.9 Å². The first kappa shape index (κ1) is 16.6. The Bertz CT molecular complexity index is 645. The molecule has 0 aromatic heterocycles. The van der Waals surface area contributed by atoms with Crippen LogP contribution in [0.25, 0.3) is 0 Å². The minimum atomic E-state index is -4.44. The molecule has 1 aromatic rings. The third-order valence-corrected chi connectivity index (χ3v) is 4.87. The number of benzene rings is 1. The molecule has 3 atom stereocenters. The molecule has 1 aliphatic carbocycles. The zero-order valence-corrected chi connectivity index (χ0v) is 12.7. The lowest BCUT2D eigenvalue weighted by molar-refractivity contribution is -0.142. The highest BCUT2D eigenvalue weighted by Crippen LogP contribution is 2.42. The Labute approximate surface area is 136 Å². The minimum absolute atomic E-state index is 0.0409. The van der Waals surface area contributed by atoms with E-state index in [9.17, 15) is 27.9 Å². The zero-order valence-electron chi connectivity index (χ0n) is 12.7. The van der Waals surface area contributed by atoms with Crippen molar-refractivity contribution in [3.05, 3.63) is 29.8 Å². The highest BCUT2D eigenvalue weighted by atomic mass is 19.4. The van der Waals surface area contributed by atoms with E-state index in [0.717, 1.165) is 43.5 Å². The molecule has 1 aliphatic heterocycles. The lowest BCUT2D eigenvalue weighted by Crippen LogP contribution is -2.45. The van der Waals surface area contributed by atoms with Crippen molar-refractivity contribution in [1.29, 1.82) is 0 Å². The molecule has 1 saturated carbocycles. The lowest BCUT2D eigenvalue weighted by atomic mass is 9.94. The third kappa shape index (κ3) is 3.05. The molecule has 8 heteroatoms. The number of carbonyl (C=O) groups is 2. The molecule has 2 N–H and O–H groups in total. The van der Waals surface area contributed by atoms with Gasteiger partial charge in [0.1, 0.15) is 6.04 Å². The van der Waals surface area contributed by atoms with Crippen molar-refractivity contribution in [2.45, 2.75) is 31.5 Å². The highest BCUT2D eigenvalue weighted by molar-refractivity contribution is 5.93. The number of carbonyl (C=O) groups excluding carboxylic acids is 1. The Hall–Kier alpha value is -2.25. The maximum absolute atomic E-state index is 12.5. The maximum Gasteiger partial charge on any atom is 0.416 e. The average Bonchev–Trinajstić information content (AvgIpc) is 3.06. The van der Waals surface area contributed by atoms with E-state index >= 15 is 0 Å². The summed E-state index contributed by atoms with van der Waals surface area (Å²) in [6, 6.07) is 2.62. The normalized spacial score (nSPS) is 26.3. The average molecular weight is 342 g/mol. The first-order valence-corrected chi connectivity index (χ1v) is 7.75. The Morgan fingerprint density at radius 1 is 1.17 bits per heavy atom. The van der Waals surface area contributed by atoms with Crippen LogP contribution < -0.4 is 5.32 Å². The smallest absolute Gasteiger partial charge is 0.416 e. The first-order valence-electron chi connectivity index (χ1n) is 7.75. The van der Waals surface area contributed by atoms with Crippen LogP contribution in [0, 0.1) is 11.8 Å². The molecule has 2 fully saturated rings. The number of nitrogens with zero attached hydrogens (tertiary/aromatic N) is 1. The molecule has 2 aliphatic rings. The van der Waals surface area contributed by atoms with Gasteiger partial charge in [-0.1, -0.05) is 6.42 Å². The number of hydrogen-bond donors (Lipinski definition) is 2. The van der Waals surface area contributed by atoms with Gasteiger partial charge in [-0.2, -0.15) is 13.2 Å². The highest BCUT2D eigenvalue weighted by Gasteiger charge is 2.49. The summed E-state index contributed by atoms with van der Waals surface area (Å²) in [4.78, 5) is 25.2. The van der Waals surface area contributed by atoms with Crippen molar-refractivity contribution in [3.63, 3.8) is 0 Å². The Kier molecular flexibility index (Phi) is 4.15. The van der Waals surface area contributed by atoms with Gasteiger partial charge in [-0.15, -0.1) is 0 Å². The predicted octanol–water partition coefficient (Wildman–Crippen LogP) is 3.42. The number of anilines is 1. The first-order chi connectivity index (χ1) is 11.3. The molecule has 5 nitrogen and oxygen atoms in total. The van der Waals surface area contributed by atoms with E-state index in [-0.39, 0.29) is 17.5 Å². The summed E-state index contributed by atoms with van der Waals surface area (Å²) in [6.07, 6.45) is -1.79. The fourth-order valence-corrected chi connectivity index (χ4v) is 3.77. The molecule has 24 heavy (non-hydrogen) atoms. The summed E-state index contributed by atoms with van der Waals surface area (Å²) >= 11 is 0. The quantitative estimate of drug-likeness (QED) is 0.865. The summed E-state index contributed by atoms with van der Waals surface area (Å²) in [6.45, 7) is 0.369. The SMILES string of the molecule is O=C(O)C1C2CCCC2CN1C(=O)Nc1ccc(C(F)(F)F)cc1. The molecule has 3 unspecified atom stereocenters. The lowest BCUT2D eigenvalue weighted by Gasteiger charge is -2.24. The summed E-state index contributed by atoms with van der Waals surface area (Å²) in [5.74, 6) is -0.891. The molecular weight excluding hydrogens is 325 g/mol. The standard InChI is InChI=1S/C16H17F3N2O3/c17-16(18,19)10-4-6-11(7-5-10)20-15(24)21-8-9-2-1-3-12(9)13(21)14(22)23/h4-7,9,12-13H,1-3,8H2,(H,20,24)(H,22,23). The zero-order chi connectivity index (χ0) is 17.5. The molecule has 2 amide bonds. The number of amides is 2.